The number of piperidine rings is 1. The van der Waals surface area contributed by atoms with Gasteiger partial charge in [0.15, 0.2) is 5.67 Å². The van der Waals surface area contributed by atoms with E-state index in [-0.39, 0.29) is 17.4 Å². The van der Waals surface area contributed by atoms with Gasteiger partial charge in [0, 0.05) is 37.5 Å². The van der Waals surface area contributed by atoms with E-state index in [2.05, 4.69) is 4.98 Å². The molecular weight excluding hydrogens is 335 g/mol. The highest BCUT2D eigenvalue weighted by Gasteiger charge is 2.52. The maximum absolute atomic E-state index is 14.6. The normalized spacial score (nSPS) is 30.3. The van der Waals surface area contributed by atoms with E-state index in [0.717, 1.165) is 37.9 Å². The van der Waals surface area contributed by atoms with Gasteiger partial charge in [0.2, 0.25) is 0 Å². The Kier molecular flexibility index (Phi) is 4.97. The molecule has 2 aliphatic heterocycles. The molecule has 0 aromatic carbocycles. The number of carbonyl (C=O) groups excluding carboxylic acids is 1. The van der Waals surface area contributed by atoms with Gasteiger partial charge in [0.05, 0.1) is 19.3 Å². The van der Waals surface area contributed by atoms with Crippen LogP contribution in [0.25, 0.3) is 0 Å². The standard InChI is InChI=1S/C20H27FN2O3/c21-20(7-1-8-20)18(24)23-11-5-17-19(14-23,6-2-12-26-17)15-25-13-16-3-9-22-10-4-16/h3-4,9-10,17H,1-2,5-8,11-15H2. The largest absolute Gasteiger partial charge is 0.377 e. The lowest BCUT2D eigenvalue weighted by molar-refractivity contribution is -0.176. The minimum Gasteiger partial charge on any atom is -0.377 e. The van der Waals surface area contributed by atoms with E-state index in [4.69, 9.17) is 9.47 Å². The summed E-state index contributed by atoms with van der Waals surface area (Å²) in [5.41, 5.74) is -0.772. The fourth-order valence-corrected chi connectivity index (χ4v) is 4.51. The number of hydrogen-bond acceptors (Lipinski definition) is 4. The molecule has 6 heteroatoms. The number of hydrogen-bond donors (Lipinski definition) is 0. The van der Waals surface area contributed by atoms with Gasteiger partial charge in [-0.25, -0.2) is 4.39 Å². The molecule has 3 fully saturated rings. The van der Waals surface area contributed by atoms with Gasteiger partial charge in [0.25, 0.3) is 5.91 Å². The summed E-state index contributed by atoms with van der Waals surface area (Å²) in [6.07, 6.45) is 7.82. The Morgan fingerprint density at radius 1 is 1.31 bits per heavy atom. The second-order valence-electron chi connectivity index (χ2n) is 8.01. The molecule has 2 saturated heterocycles. The Bertz CT molecular complexity index is 637. The molecule has 26 heavy (non-hydrogen) atoms. The van der Waals surface area contributed by atoms with Crippen molar-refractivity contribution in [3.05, 3.63) is 30.1 Å². The number of fused-ring (bicyclic) bond motifs is 1. The van der Waals surface area contributed by atoms with E-state index >= 15 is 0 Å². The van der Waals surface area contributed by atoms with Gasteiger partial charge in [0.1, 0.15) is 0 Å². The minimum atomic E-state index is -1.62. The number of rotatable bonds is 5. The highest BCUT2D eigenvalue weighted by molar-refractivity contribution is 5.86. The fourth-order valence-electron chi connectivity index (χ4n) is 4.51. The van der Waals surface area contributed by atoms with E-state index in [9.17, 15) is 9.18 Å². The third kappa shape index (κ3) is 3.37. The molecule has 2 unspecified atom stereocenters. The first-order valence-corrected chi connectivity index (χ1v) is 9.68. The Hall–Kier alpha value is -1.53. The summed E-state index contributed by atoms with van der Waals surface area (Å²) in [5, 5.41) is 0. The Labute approximate surface area is 153 Å². The van der Waals surface area contributed by atoms with Crippen molar-refractivity contribution in [1.82, 2.24) is 9.88 Å². The van der Waals surface area contributed by atoms with Crippen molar-refractivity contribution in [1.29, 1.82) is 0 Å². The molecule has 1 saturated carbocycles. The lowest BCUT2D eigenvalue weighted by atomic mass is 9.72. The quantitative estimate of drug-likeness (QED) is 0.808. The van der Waals surface area contributed by atoms with Crippen molar-refractivity contribution < 1.29 is 18.7 Å². The molecule has 4 rings (SSSR count). The Morgan fingerprint density at radius 2 is 2.12 bits per heavy atom. The third-order valence-electron chi connectivity index (χ3n) is 6.21. The van der Waals surface area contributed by atoms with Crippen LogP contribution in [0, 0.1) is 5.41 Å². The van der Waals surface area contributed by atoms with Crippen LogP contribution in [-0.4, -0.2) is 53.9 Å². The van der Waals surface area contributed by atoms with Crippen molar-refractivity contribution in [3.63, 3.8) is 0 Å². The average molecular weight is 362 g/mol. The third-order valence-corrected chi connectivity index (χ3v) is 6.21. The lowest BCUT2D eigenvalue weighted by Gasteiger charge is -2.51. The maximum atomic E-state index is 14.6. The summed E-state index contributed by atoms with van der Waals surface area (Å²) >= 11 is 0. The first-order chi connectivity index (χ1) is 12.6. The second-order valence-corrected chi connectivity index (χ2v) is 8.01. The van der Waals surface area contributed by atoms with Crippen LogP contribution in [0.3, 0.4) is 0 Å². The summed E-state index contributed by atoms with van der Waals surface area (Å²) in [5.74, 6) is -0.318. The van der Waals surface area contributed by atoms with Crippen molar-refractivity contribution in [3.8, 4) is 0 Å². The van der Waals surface area contributed by atoms with Crippen LogP contribution >= 0.6 is 0 Å². The van der Waals surface area contributed by atoms with Crippen LogP contribution in [0.5, 0.6) is 0 Å². The summed E-state index contributed by atoms with van der Waals surface area (Å²) in [6, 6.07) is 3.87. The van der Waals surface area contributed by atoms with E-state index in [0.29, 0.717) is 39.1 Å². The molecule has 3 aliphatic rings. The zero-order valence-corrected chi connectivity index (χ0v) is 15.2. The van der Waals surface area contributed by atoms with Gasteiger partial charge < -0.3 is 14.4 Å². The van der Waals surface area contributed by atoms with Crippen molar-refractivity contribution in [2.24, 2.45) is 5.41 Å². The lowest BCUT2D eigenvalue weighted by Crippen LogP contribution is -2.61. The monoisotopic (exact) mass is 362 g/mol. The number of amides is 1. The highest BCUT2D eigenvalue weighted by Crippen LogP contribution is 2.43. The number of halogens is 1. The van der Waals surface area contributed by atoms with E-state index < -0.39 is 5.67 Å². The molecule has 0 bridgehead atoms. The summed E-state index contributed by atoms with van der Waals surface area (Å²) < 4.78 is 26.7. The SMILES string of the molecule is O=C(N1CCC2OCCCC2(COCc2ccncc2)C1)C1(F)CCC1. The van der Waals surface area contributed by atoms with E-state index in [1.54, 1.807) is 17.3 Å². The fraction of sp³-hybridized carbons (Fsp3) is 0.700. The van der Waals surface area contributed by atoms with Gasteiger partial charge in [-0.3, -0.25) is 9.78 Å². The predicted molar refractivity (Wildman–Crippen MR) is 94.2 cm³/mol. The van der Waals surface area contributed by atoms with Crippen LogP contribution in [-0.2, 0) is 20.9 Å². The number of ether oxygens (including phenoxy) is 2. The van der Waals surface area contributed by atoms with Gasteiger partial charge in [-0.2, -0.15) is 0 Å². The van der Waals surface area contributed by atoms with Crippen molar-refractivity contribution >= 4 is 5.91 Å². The van der Waals surface area contributed by atoms with Crippen molar-refractivity contribution in [2.45, 2.75) is 56.9 Å². The van der Waals surface area contributed by atoms with Crippen LogP contribution in [0.15, 0.2) is 24.5 Å². The predicted octanol–water partition coefficient (Wildman–Crippen LogP) is 2.89. The number of nitrogens with zero attached hydrogens (tertiary/aromatic N) is 2. The molecule has 2 atom stereocenters. The number of pyridine rings is 1. The smallest absolute Gasteiger partial charge is 0.260 e. The molecule has 1 aromatic rings. The zero-order valence-electron chi connectivity index (χ0n) is 15.2. The first-order valence-electron chi connectivity index (χ1n) is 9.68. The topological polar surface area (TPSA) is 51.7 Å². The zero-order chi connectivity index (χ0) is 18.0. The molecule has 3 heterocycles. The number of carbonyl (C=O) groups is 1. The minimum absolute atomic E-state index is 0.0923. The van der Waals surface area contributed by atoms with Gasteiger partial charge in [-0.05, 0) is 56.2 Å². The Balaban J connectivity index is 1.43. The molecule has 142 valence electrons. The van der Waals surface area contributed by atoms with Gasteiger partial charge in [-0.1, -0.05) is 0 Å². The number of aromatic nitrogens is 1. The highest BCUT2D eigenvalue weighted by atomic mass is 19.1. The van der Waals surface area contributed by atoms with Crippen LogP contribution in [0.4, 0.5) is 4.39 Å². The molecule has 0 spiro atoms. The number of likely N-dealkylation sites (tertiary alicyclic amines) is 1. The van der Waals surface area contributed by atoms with Crippen LogP contribution < -0.4 is 0 Å². The van der Waals surface area contributed by atoms with Crippen LogP contribution in [0.2, 0.25) is 0 Å². The van der Waals surface area contributed by atoms with E-state index in [1.807, 2.05) is 12.1 Å². The Morgan fingerprint density at radius 3 is 2.85 bits per heavy atom. The summed E-state index contributed by atoms with van der Waals surface area (Å²) in [7, 11) is 0. The maximum Gasteiger partial charge on any atom is 0.260 e. The molecule has 1 aromatic heterocycles. The molecule has 0 radical (unpaired) electrons. The molecular formula is C20H27FN2O3. The first kappa shape index (κ1) is 17.9. The average Bonchev–Trinajstić information content (AvgIpc) is 2.66. The second kappa shape index (κ2) is 7.24. The number of alkyl halides is 1. The summed E-state index contributed by atoms with van der Waals surface area (Å²) in [6.45, 7) is 2.93. The van der Waals surface area contributed by atoms with Crippen molar-refractivity contribution in [2.75, 3.05) is 26.3 Å². The van der Waals surface area contributed by atoms with Crippen LogP contribution in [0.1, 0.15) is 44.1 Å². The summed E-state index contributed by atoms with van der Waals surface area (Å²) in [4.78, 5) is 18.4. The molecule has 0 N–H and O–H groups in total. The van der Waals surface area contributed by atoms with Gasteiger partial charge in [-0.15, -0.1) is 0 Å². The van der Waals surface area contributed by atoms with Gasteiger partial charge >= 0.3 is 0 Å². The molecule has 5 nitrogen and oxygen atoms in total. The van der Waals surface area contributed by atoms with E-state index in [1.165, 1.54) is 0 Å². The molecule has 1 amide bonds. The molecule has 1 aliphatic carbocycles.